The minimum absolute atomic E-state index is 0.125. The highest BCUT2D eigenvalue weighted by Crippen LogP contribution is 2.36. The van der Waals surface area contributed by atoms with Crippen LogP contribution >= 0.6 is 31.9 Å². The Hall–Kier alpha value is -2.45. The number of barbiturate groups is 1. The summed E-state index contributed by atoms with van der Waals surface area (Å²) in [6.07, 6.45) is 5.89. The summed E-state index contributed by atoms with van der Waals surface area (Å²) in [4.78, 5) is 39.1. The Morgan fingerprint density at radius 3 is 2.30 bits per heavy atom. The fourth-order valence-electron chi connectivity index (χ4n) is 3.43. The molecule has 0 spiro atoms. The van der Waals surface area contributed by atoms with Crippen molar-refractivity contribution >= 4 is 61.5 Å². The molecule has 0 bridgehead atoms. The lowest BCUT2D eigenvalue weighted by molar-refractivity contribution is -0.122. The van der Waals surface area contributed by atoms with Crippen molar-refractivity contribution in [3.05, 3.63) is 61.5 Å². The molecule has 0 unspecified atom stereocenters. The molecule has 1 heterocycles. The maximum absolute atomic E-state index is 13.1. The SMILES string of the molecule is CCCCCCOc1c(Br)cc(/C=C2/C(=O)NC(=O)N(c3ccc(C)c(C)c3)C2=O)cc1Br. The Balaban J connectivity index is 1.86. The van der Waals surface area contributed by atoms with E-state index in [2.05, 4.69) is 44.1 Å². The van der Waals surface area contributed by atoms with E-state index in [4.69, 9.17) is 4.74 Å². The number of hydrogen-bond donors (Lipinski definition) is 1. The van der Waals surface area contributed by atoms with Crippen molar-refractivity contribution in [3.8, 4) is 5.75 Å². The first-order valence-electron chi connectivity index (χ1n) is 10.8. The molecule has 33 heavy (non-hydrogen) atoms. The standard InChI is InChI=1S/C25H26Br2N2O4/c1-4-5-6-7-10-33-22-20(26)13-17(14-21(22)27)12-19-23(30)28-25(32)29(24(19)31)18-9-8-15(2)16(3)11-18/h8-9,11-14H,4-7,10H2,1-3H3,(H,28,30,32)/b19-12-. The number of carbonyl (C=O) groups excluding carboxylic acids is 3. The molecule has 2 aromatic rings. The second-order valence-electron chi connectivity index (χ2n) is 7.95. The Kier molecular flexibility index (Phi) is 8.48. The number of imide groups is 2. The highest BCUT2D eigenvalue weighted by atomic mass is 79.9. The van der Waals surface area contributed by atoms with Gasteiger partial charge in [0.25, 0.3) is 11.8 Å². The topological polar surface area (TPSA) is 75.7 Å². The first-order valence-corrected chi connectivity index (χ1v) is 12.4. The Bertz CT molecular complexity index is 1100. The summed E-state index contributed by atoms with van der Waals surface area (Å²) in [7, 11) is 0. The van der Waals surface area contributed by atoms with Crippen molar-refractivity contribution in [2.24, 2.45) is 0 Å². The van der Waals surface area contributed by atoms with Crippen molar-refractivity contribution in [2.75, 3.05) is 11.5 Å². The molecule has 1 aliphatic heterocycles. The van der Waals surface area contributed by atoms with Crippen molar-refractivity contribution in [3.63, 3.8) is 0 Å². The molecular formula is C25H26Br2N2O4. The molecule has 0 aliphatic carbocycles. The zero-order valence-electron chi connectivity index (χ0n) is 18.8. The summed E-state index contributed by atoms with van der Waals surface area (Å²) < 4.78 is 7.30. The summed E-state index contributed by atoms with van der Waals surface area (Å²) in [6.45, 7) is 6.61. The summed E-state index contributed by atoms with van der Waals surface area (Å²) in [5.41, 5.74) is 2.87. The number of nitrogens with zero attached hydrogens (tertiary/aromatic N) is 1. The number of halogens is 2. The maximum atomic E-state index is 13.1. The van der Waals surface area contributed by atoms with Crippen LogP contribution in [0.2, 0.25) is 0 Å². The molecule has 1 saturated heterocycles. The van der Waals surface area contributed by atoms with E-state index in [-0.39, 0.29) is 5.57 Å². The van der Waals surface area contributed by atoms with E-state index in [1.807, 2.05) is 19.9 Å². The fraction of sp³-hybridized carbons (Fsp3) is 0.320. The first-order chi connectivity index (χ1) is 15.7. The Morgan fingerprint density at radius 1 is 0.970 bits per heavy atom. The largest absolute Gasteiger partial charge is 0.491 e. The molecule has 174 valence electrons. The van der Waals surface area contributed by atoms with Crippen LogP contribution in [0.25, 0.3) is 6.08 Å². The number of ether oxygens (including phenoxy) is 1. The molecule has 0 aromatic heterocycles. The van der Waals surface area contributed by atoms with Crippen LogP contribution in [0.3, 0.4) is 0 Å². The molecule has 1 aliphatic rings. The molecule has 1 N–H and O–H groups in total. The molecule has 0 saturated carbocycles. The van der Waals surface area contributed by atoms with E-state index in [9.17, 15) is 14.4 Å². The van der Waals surface area contributed by atoms with E-state index in [1.54, 1.807) is 24.3 Å². The van der Waals surface area contributed by atoms with Crippen molar-refractivity contribution < 1.29 is 19.1 Å². The number of rotatable bonds is 8. The summed E-state index contributed by atoms with van der Waals surface area (Å²) in [6, 6.07) is 8.06. The van der Waals surface area contributed by atoms with Gasteiger partial charge < -0.3 is 4.74 Å². The van der Waals surface area contributed by atoms with Gasteiger partial charge in [-0.05, 0) is 99.2 Å². The van der Waals surface area contributed by atoms with Gasteiger partial charge in [-0.2, -0.15) is 0 Å². The number of benzene rings is 2. The average molecular weight is 578 g/mol. The van der Waals surface area contributed by atoms with E-state index in [1.165, 1.54) is 12.5 Å². The smallest absolute Gasteiger partial charge is 0.335 e. The fourth-order valence-corrected chi connectivity index (χ4v) is 4.88. The Morgan fingerprint density at radius 2 is 1.67 bits per heavy atom. The predicted octanol–water partition coefficient (Wildman–Crippen LogP) is 6.45. The van der Waals surface area contributed by atoms with Gasteiger partial charge in [-0.3, -0.25) is 14.9 Å². The second-order valence-corrected chi connectivity index (χ2v) is 9.66. The van der Waals surface area contributed by atoms with Gasteiger partial charge in [-0.15, -0.1) is 0 Å². The van der Waals surface area contributed by atoms with Crippen molar-refractivity contribution in [1.29, 1.82) is 0 Å². The molecule has 6 nitrogen and oxygen atoms in total. The van der Waals surface area contributed by atoms with Gasteiger partial charge in [0.2, 0.25) is 0 Å². The molecule has 2 aromatic carbocycles. The van der Waals surface area contributed by atoms with Crippen LogP contribution in [0.5, 0.6) is 5.75 Å². The maximum Gasteiger partial charge on any atom is 0.335 e. The molecule has 0 radical (unpaired) electrons. The summed E-state index contributed by atoms with van der Waals surface area (Å²) in [5.74, 6) is -0.732. The lowest BCUT2D eigenvalue weighted by atomic mass is 10.0. The van der Waals surface area contributed by atoms with Crippen molar-refractivity contribution in [1.82, 2.24) is 5.32 Å². The van der Waals surface area contributed by atoms with Crippen LogP contribution in [-0.2, 0) is 9.59 Å². The van der Waals surface area contributed by atoms with Gasteiger partial charge in [-0.25, -0.2) is 9.69 Å². The van der Waals surface area contributed by atoms with E-state index >= 15 is 0 Å². The van der Waals surface area contributed by atoms with E-state index < -0.39 is 17.8 Å². The number of amides is 4. The van der Waals surface area contributed by atoms with Crippen LogP contribution in [0.4, 0.5) is 10.5 Å². The third-order valence-corrected chi connectivity index (χ3v) is 6.60. The van der Waals surface area contributed by atoms with E-state index in [0.29, 0.717) is 32.6 Å². The number of carbonyl (C=O) groups is 3. The zero-order chi connectivity index (χ0) is 24.1. The number of anilines is 1. The van der Waals surface area contributed by atoms with Crippen LogP contribution in [0.1, 0.15) is 49.3 Å². The minimum atomic E-state index is -0.764. The number of urea groups is 1. The molecular weight excluding hydrogens is 552 g/mol. The molecule has 0 atom stereocenters. The van der Waals surface area contributed by atoms with Crippen molar-refractivity contribution in [2.45, 2.75) is 46.5 Å². The van der Waals surface area contributed by atoms with Gasteiger partial charge in [0.1, 0.15) is 11.3 Å². The second kappa shape index (κ2) is 11.1. The van der Waals surface area contributed by atoms with Crippen LogP contribution in [0.15, 0.2) is 44.9 Å². The van der Waals surface area contributed by atoms with Crippen LogP contribution < -0.4 is 15.0 Å². The number of nitrogens with one attached hydrogen (secondary N) is 1. The number of unbranched alkanes of at least 4 members (excludes halogenated alkanes) is 3. The Labute approximate surface area is 210 Å². The predicted molar refractivity (Wildman–Crippen MR) is 136 cm³/mol. The molecule has 1 fully saturated rings. The lowest BCUT2D eigenvalue weighted by Crippen LogP contribution is -2.54. The van der Waals surface area contributed by atoms with Gasteiger partial charge in [0.15, 0.2) is 0 Å². The minimum Gasteiger partial charge on any atom is -0.491 e. The van der Waals surface area contributed by atoms with Crippen LogP contribution in [0, 0.1) is 13.8 Å². The quantitative estimate of drug-likeness (QED) is 0.222. The number of hydrogen-bond acceptors (Lipinski definition) is 4. The summed E-state index contributed by atoms with van der Waals surface area (Å²) >= 11 is 7.03. The third kappa shape index (κ3) is 5.92. The van der Waals surface area contributed by atoms with Gasteiger partial charge in [0.05, 0.1) is 21.2 Å². The monoisotopic (exact) mass is 576 g/mol. The van der Waals surface area contributed by atoms with Crippen LogP contribution in [-0.4, -0.2) is 24.5 Å². The lowest BCUT2D eigenvalue weighted by Gasteiger charge is -2.27. The highest BCUT2D eigenvalue weighted by molar-refractivity contribution is 9.11. The molecule has 4 amide bonds. The highest BCUT2D eigenvalue weighted by Gasteiger charge is 2.37. The normalized spacial score (nSPS) is 15.2. The van der Waals surface area contributed by atoms with E-state index in [0.717, 1.165) is 35.3 Å². The van der Waals surface area contributed by atoms with Gasteiger partial charge >= 0.3 is 6.03 Å². The summed E-state index contributed by atoms with van der Waals surface area (Å²) in [5, 5.41) is 2.26. The zero-order valence-corrected chi connectivity index (χ0v) is 22.0. The van der Waals surface area contributed by atoms with Gasteiger partial charge in [-0.1, -0.05) is 32.3 Å². The average Bonchev–Trinajstić information content (AvgIpc) is 2.75. The van der Waals surface area contributed by atoms with Gasteiger partial charge in [0, 0.05) is 0 Å². The first kappa shape index (κ1) is 25.2. The number of aryl methyl sites for hydroxylation is 2. The third-order valence-electron chi connectivity index (χ3n) is 5.43. The molecule has 8 heteroatoms. The molecule has 3 rings (SSSR count).